The summed E-state index contributed by atoms with van der Waals surface area (Å²) in [5.74, 6) is -1.94. The minimum atomic E-state index is -2.59. The van der Waals surface area contributed by atoms with E-state index < -0.39 is 57.1 Å². The molecule has 9 heteroatoms. The molecule has 26 heavy (non-hydrogen) atoms. The van der Waals surface area contributed by atoms with Crippen LogP contribution >= 0.6 is 0 Å². The van der Waals surface area contributed by atoms with Gasteiger partial charge in [0.2, 0.25) is 5.82 Å². The second-order valence-corrected chi connectivity index (χ2v) is 5.94. The van der Waals surface area contributed by atoms with Crippen LogP contribution < -0.4 is 0 Å². The Balaban J connectivity index is 2.32. The molecule has 0 saturated carbocycles. The fourth-order valence-corrected chi connectivity index (χ4v) is 2.71. The number of halogens is 5. The summed E-state index contributed by atoms with van der Waals surface area (Å²) in [4.78, 5) is 2.48. The topological polar surface area (TPSA) is 50.2 Å². The van der Waals surface area contributed by atoms with Gasteiger partial charge in [0.1, 0.15) is 17.2 Å². The molecule has 134 valence electrons. The molecule has 2 aromatic rings. The number of hydrogen-bond donors (Lipinski definition) is 1. The van der Waals surface area contributed by atoms with E-state index in [1.807, 2.05) is 0 Å². The molecule has 0 aliphatic heterocycles. The van der Waals surface area contributed by atoms with Crippen LogP contribution in [0.1, 0.15) is 11.3 Å². The van der Waals surface area contributed by atoms with Gasteiger partial charge in [-0.3, -0.25) is 4.21 Å². The van der Waals surface area contributed by atoms with Crippen LogP contribution in [0.4, 0.5) is 22.0 Å². The molecule has 1 aromatic heterocycles. The van der Waals surface area contributed by atoms with Gasteiger partial charge in [-0.25, -0.2) is 26.9 Å². The SMILES string of the molecule is O=S(CC#Cc1cccnc1C#CCO)c1c(F)c(F)c(F)c(F)c1F. The number of pyridine rings is 1. The third-order valence-corrected chi connectivity index (χ3v) is 4.14. The maximum Gasteiger partial charge on any atom is 0.200 e. The lowest BCUT2D eigenvalue weighted by atomic mass is 10.2. The van der Waals surface area contributed by atoms with Gasteiger partial charge >= 0.3 is 0 Å². The van der Waals surface area contributed by atoms with Crippen LogP contribution in [0.15, 0.2) is 23.2 Å². The molecule has 3 nitrogen and oxygen atoms in total. The number of aromatic nitrogens is 1. The maximum absolute atomic E-state index is 13.6. The molecule has 2 rings (SSSR count). The van der Waals surface area contributed by atoms with Crippen molar-refractivity contribution in [3.8, 4) is 23.7 Å². The Morgan fingerprint density at radius 1 is 0.962 bits per heavy atom. The zero-order chi connectivity index (χ0) is 19.3. The lowest BCUT2D eigenvalue weighted by molar-refractivity contribution is 0.350. The molecule has 0 spiro atoms. The van der Waals surface area contributed by atoms with Crippen molar-refractivity contribution in [2.75, 3.05) is 12.4 Å². The number of nitrogens with zero attached hydrogens (tertiary/aromatic N) is 1. The van der Waals surface area contributed by atoms with Crippen LogP contribution in [0.25, 0.3) is 0 Å². The number of rotatable bonds is 2. The maximum atomic E-state index is 13.6. The standard InChI is InChI=1S/C17H8F5NO2S/c18-12-13(19)15(21)17(16(22)14(12)20)26(25)9-3-5-10-4-1-7-23-11(10)6-2-8-24/h1,4,7,24H,8-9H2. The Labute approximate surface area is 147 Å². The molecule has 0 saturated heterocycles. The smallest absolute Gasteiger partial charge is 0.200 e. The molecular weight excluding hydrogens is 377 g/mol. The highest BCUT2D eigenvalue weighted by Gasteiger charge is 2.28. The summed E-state index contributed by atoms with van der Waals surface area (Å²) in [5.41, 5.74) is 0.485. The van der Waals surface area contributed by atoms with Gasteiger partial charge in [0.15, 0.2) is 23.3 Å². The summed E-state index contributed by atoms with van der Waals surface area (Å²) >= 11 is 0. The van der Waals surface area contributed by atoms with Crippen molar-refractivity contribution >= 4 is 10.8 Å². The molecule has 0 bridgehead atoms. The highest BCUT2D eigenvalue weighted by molar-refractivity contribution is 7.85. The minimum absolute atomic E-state index is 0.205. The number of aliphatic hydroxyl groups is 1. The van der Waals surface area contributed by atoms with Gasteiger partial charge in [-0.2, -0.15) is 0 Å². The molecule has 0 aliphatic carbocycles. The van der Waals surface area contributed by atoms with Gasteiger partial charge in [0, 0.05) is 6.20 Å². The van der Waals surface area contributed by atoms with Crippen LogP contribution in [0.3, 0.4) is 0 Å². The summed E-state index contributed by atoms with van der Waals surface area (Å²) < 4.78 is 78.4. The molecule has 0 fully saturated rings. The molecule has 1 aromatic carbocycles. The van der Waals surface area contributed by atoms with Crippen LogP contribution in [0.5, 0.6) is 0 Å². The molecule has 0 radical (unpaired) electrons. The van der Waals surface area contributed by atoms with E-state index in [0.29, 0.717) is 0 Å². The van der Waals surface area contributed by atoms with Crippen LogP contribution in [0, 0.1) is 52.8 Å². The van der Waals surface area contributed by atoms with Gasteiger partial charge in [-0.15, -0.1) is 0 Å². The van der Waals surface area contributed by atoms with Crippen molar-refractivity contribution in [1.82, 2.24) is 4.98 Å². The molecule has 0 amide bonds. The Kier molecular flexibility index (Phi) is 6.45. The highest BCUT2D eigenvalue weighted by atomic mass is 32.2. The first-order valence-corrected chi connectivity index (χ1v) is 8.13. The van der Waals surface area contributed by atoms with E-state index in [2.05, 4.69) is 28.7 Å². The number of benzene rings is 1. The Morgan fingerprint density at radius 3 is 2.19 bits per heavy atom. The van der Waals surface area contributed by atoms with Crippen molar-refractivity contribution in [3.63, 3.8) is 0 Å². The normalized spacial score (nSPS) is 11.2. The van der Waals surface area contributed by atoms with Gasteiger partial charge < -0.3 is 5.11 Å². The Morgan fingerprint density at radius 2 is 1.58 bits per heavy atom. The van der Waals surface area contributed by atoms with Crippen molar-refractivity contribution in [2.24, 2.45) is 0 Å². The van der Waals surface area contributed by atoms with Gasteiger partial charge in [0.05, 0.1) is 22.1 Å². The number of aliphatic hydroxyl groups excluding tert-OH is 1. The van der Waals surface area contributed by atoms with E-state index in [0.717, 1.165) is 0 Å². The van der Waals surface area contributed by atoms with E-state index >= 15 is 0 Å². The van der Waals surface area contributed by atoms with E-state index in [1.165, 1.54) is 18.3 Å². The van der Waals surface area contributed by atoms with Crippen molar-refractivity contribution in [1.29, 1.82) is 0 Å². The Bertz CT molecular complexity index is 973. The second kappa shape index (κ2) is 8.56. The molecule has 1 N–H and O–H groups in total. The molecular formula is C17H8F5NO2S. The van der Waals surface area contributed by atoms with E-state index in [-0.39, 0.29) is 11.3 Å². The predicted octanol–water partition coefficient (Wildman–Crippen LogP) is 2.28. The van der Waals surface area contributed by atoms with Gasteiger partial charge in [-0.05, 0) is 18.1 Å². The fourth-order valence-electron chi connectivity index (χ4n) is 1.78. The van der Waals surface area contributed by atoms with Crippen LogP contribution in [-0.2, 0) is 10.8 Å². The van der Waals surface area contributed by atoms with Crippen molar-refractivity contribution in [3.05, 3.63) is 58.7 Å². The number of hydrogen-bond acceptors (Lipinski definition) is 3. The molecule has 1 unspecified atom stereocenters. The molecule has 1 heterocycles. The summed E-state index contributed by atoms with van der Waals surface area (Å²) in [7, 11) is -2.59. The minimum Gasteiger partial charge on any atom is -0.384 e. The van der Waals surface area contributed by atoms with E-state index in [4.69, 9.17) is 5.11 Å². The van der Waals surface area contributed by atoms with Gasteiger partial charge in [0.25, 0.3) is 0 Å². The summed E-state index contributed by atoms with van der Waals surface area (Å²) in [6, 6.07) is 3.03. The third-order valence-electron chi connectivity index (χ3n) is 2.92. The fraction of sp³-hybridized carbons (Fsp3) is 0.118. The summed E-state index contributed by atoms with van der Waals surface area (Å²) in [6.45, 7) is -0.409. The first-order valence-electron chi connectivity index (χ1n) is 6.81. The van der Waals surface area contributed by atoms with E-state index in [1.54, 1.807) is 0 Å². The summed E-state index contributed by atoms with van der Waals surface area (Å²) in [5, 5.41) is 8.67. The molecule has 1 atom stereocenters. The zero-order valence-corrected chi connectivity index (χ0v) is 13.6. The van der Waals surface area contributed by atoms with Gasteiger partial charge in [-0.1, -0.05) is 17.8 Å². The largest absolute Gasteiger partial charge is 0.384 e. The van der Waals surface area contributed by atoms with Crippen molar-refractivity contribution < 1.29 is 31.3 Å². The lowest BCUT2D eigenvalue weighted by Crippen LogP contribution is -2.10. The predicted molar refractivity (Wildman–Crippen MR) is 82.6 cm³/mol. The lowest BCUT2D eigenvalue weighted by Gasteiger charge is -2.06. The monoisotopic (exact) mass is 385 g/mol. The van der Waals surface area contributed by atoms with Crippen LogP contribution in [-0.4, -0.2) is 26.7 Å². The third kappa shape index (κ3) is 4.07. The zero-order valence-electron chi connectivity index (χ0n) is 12.7. The summed E-state index contributed by atoms with van der Waals surface area (Å²) in [6.07, 6.45) is 1.42. The average Bonchev–Trinajstić information content (AvgIpc) is 2.64. The molecule has 0 aliphatic rings. The first kappa shape index (κ1) is 19.6. The first-order chi connectivity index (χ1) is 12.4. The highest BCUT2D eigenvalue weighted by Crippen LogP contribution is 2.25. The van der Waals surface area contributed by atoms with Crippen LogP contribution in [0.2, 0.25) is 0 Å². The second-order valence-electron chi connectivity index (χ2n) is 4.55. The van der Waals surface area contributed by atoms with Crippen molar-refractivity contribution in [2.45, 2.75) is 4.90 Å². The Hall–Kier alpha value is -2.75. The quantitative estimate of drug-likeness (QED) is 0.374. The average molecular weight is 385 g/mol. The van der Waals surface area contributed by atoms with E-state index in [9.17, 15) is 26.2 Å².